The molecule has 0 aliphatic rings. The van der Waals surface area contributed by atoms with Crippen LogP contribution in [-0.4, -0.2) is 21.8 Å². The van der Waals surface area contributed by atoms with Gasteiger partial charge in [-0.3, -0.25) is 4.79 Å². The Bertz CT molecular complexity index is 565. The zero-order chi connectivity index (χ0) is 14.5. The van der Waals surface area contributed by atoms with E-state index >= 15 is 0 Å². The third-order valence-corrected chi connectivity index (χ3v) is 3.92. The van der Waals surface area contributed by atoms with E-state index in [1.54, 1.807) is 6.20 Å². The largest absolute Gasteiger partial charge is 0.356 e. The lowest BCUT2D eigenvalue weighted by Crippen LogP contribution is -2.37. The molecule has 0 spiro atoms. The molecule has 0 saturated heterocycles. The summed E-state index contributed by atoms with van der Waals surface area (Å²) in [4.78, 5) is 17.6. The normalized spacial score (nSPS) is 12.2. The van der Waals surface area contributed by atoms with E-state index in [-0.39, 0.29) is 11.9 Å². The minimum Gasteiger partial charge on any atom is -0.356 e. The van der Waals surface area contributed by atoms with Crippen LogP contribution in [0, 0.1) is 0 Å². The summed E-state index contributed by atoms with van der Waals surface area (Å²) < 4.78 is 0.893. The van der Waals surface area contributed by atoms with Crippen molar-refractivity contribution in [1.29, 1.82) is 0 Å². The van der Waals surface area contributed by atoms with Crippen LogP contribution in [-0.2, 0) is 6.54 Å². The molecular formula is C16H19BrN2O. The molecule has 0 radical (unpaired) electrons. The van der Waals surface area contributed by atoms with Crippen LogP contribution in [0.3, 0.4) is 0 Å². The minimum atomic E-state index is 0.0360. The van der Waals surface area contributed by atoms with Crippen LogP contribution < -0.4 is 0 Å². The van der Waals surface area contributed by atoms with Crippen LogP contribution in [0.15, 0.2) is 47.1 Å². The lowest BCUT2D eigenvalue weighted by molar-refractivity contribution is 0.0666. The van der Waals surface area contributed by atoms with Gasteiger partial charge in [-0.1, -0.05) is 37.3 Å². The van der Waals surface area contributed by atoms with Gasteiger partial charge < -0.3 is 9.88 Å². The predicted octanol–water partition coefficient (Wildman–Crippen LogP) is 4.22. The van der Waals surface area contributed by atoms with Crippen molar-refractivity contribution in [1.82, 2.24) is 9.88 Å². The molecule has 1 aromatic heterocycles. The third-order valence-electron chi connectivity index (χ3n) is 3.46. The molecule has 1 unspecified atom stereocenters. The van der Waals surface area contributed by atoms with Crippen molar-refractivity contribution in [2.45, 2.75) is 32.9 Å². The van der Waals surface area contributed by atoms with Gasteiger partial charge in [-0.25, -0.2) is 0 Å². The van der Waals surface area contributed by atoms with E-state index in [2.05, 4.69) is 34.8 Å². The third kappa shape index (κ3) is 3.51. The lowest BCUT2D eigenvalue weighted by Gasteiger charge is -2.28. The molecule has 1 heterocycles. The van der Waals surface area contributed by atoms with Crippen LogP contribution in [0.5, 0.6) is 0 Å². The Hall–Kier alpha value is -1.55. The molecule has 1 aromatic carbocycles. The standard InChI is InChI=1S/C16H19BrN2O/c1-3-12(2)19(11-13-7-5-4-6-8-13)16(20)15-9-14(17)10-18-15/h4-10,12,18H,3,11H2,1-2H3. The number of hydrogen-bond acceptors (Lipinski definition) is 1. The molecule has 2 aromatic rings. The lowest BCUT2D eigenvalue weighted by atomic mass is 10.1. The number of aromatic amines is 1. The van der Waals surface area contributed by atoms with E-state index in [9.17, 15) is 4.79 Å². The van der Waals surface area contributed by atoms with E-state index in [0.717, 1.165) is 16.5 Å². The first-order chi connectivity index (χ1) is 9.61. The predicted molar refractivity (Wildman–Crippen MR) is 84.6 cm³/mol. The number of carbonyl (C=O) groups excluding carboxylic acids is 1. The number of nitrogens with one attached hydrogen (secondary N) is 1. The zero-order valence-corrected chi connectivity index (χ0v) is 13.4. The SMILES string of the molecule is CCC(C)N(Cc1ccccc1)C(=O)c1cc(Br)c[nH]1. The first-order valence-corrected chi connectivity index (χ1v) is 7.60. The van der Waals surface area contributed by atoms with Crippen LogP contribution in [0.2, 0.25) is 0 Å². The van der Waals surface area contributed by atoms with Crippen LogP contribution in [0.1, 0.15) is 36.3 Å². The van der Waals surface area contributed by atoms with Crippen LogP contribution >= 0.6 is 15.9 Å². The molecule has 0 saturated carbocycles. The molecule has 2 rings (SSSR count). The van der Waals surface area contributed by atoms with Crippen molar-refractivity contribution < 1.29 is 4.79 Å². The van der Waals surface area contributed by atoms with Crippen molar-refractivity contribution in [3.8, 4) is 0 Å². The Morgan fingerprint density at radius 2 is 2.05 bits per heavy atom. The maximum atomic E-state index is 12.6. The first kappa shape index (κ1) is 14.9. The molecule has 3 nitrogen and oxygen atoms in total. The van der Waals surface area contributed by atoms with Crippen molar-refractivity contribution in [3.63, 3.8) is 0 Å². The van der Waals surface area contributed by atoms with Gasteiger partial charge in [0.25, 0.3) is 5.91 Å². The number of nitrogens with zero attached hydrogens (tertiary/aromatic N) is 1. The van der Waals surface area contributed by atoms with E-state index in [1.807, 2.05) is 41.3 Å². The van der Waals surface area contributed by atoms with Gasteiger partial charge in [0.2, 0.25) is 0 Å². The number of rotatable bonds is 5. The highest BCUT2D eigenvalue weighted by molar-refractivity contribution is 9.10. The van der Waals surface area contributed by atoms with E-state index < -0.39 is 0 Å². The van der Waals surface area contributed by atoms with Gasteiger partial charge in [-0.2, -0.15) is 0 Å². The van der Waals surface area contributed by atoms with Gasteiger partial charge in [0.1, 0.15) is 5.69 Å². The molecule has 1 atom stereocenters. The van der Waals surface area contributed by atoms with Crippen LogP contribution in [0.4, 0.5) is 0 Å². The highest BCUT2D eigenvalue weighted by Gasteiger charge is 2.21. The Balaban J connectivity index is 2.21. The maximum Gasteiger partial charge on any atom is 0.270 e. The molecule has 0 fully saturated rings. The van der Waals surface area contributed by atoms with Crippen molar-refractivity contribution in [3.05, 3.63) is 58.3 Å². The number of carbonyl (C=O) groups is 1. The van der Waals surface area contributed by atoms with Gasteiger partial charge in [0.05, 0.1) is 0 Å². The Kier molecular flexibility index (Phi) is 5.01. The fourth-order valence-corrected chi connectivity index (χ4v) is 2.42. The van der Waals surface area contributed by atoms with Gasteiger partial charge in [0.15, 0.2) is 0 Å². The van der Waals surface area contributed by atoms with Crippen molar-refractivity contribution >= 4 is 21.8 Å². The topological polar surface area (TPSA) is 36.1 Å². The summed E-state index contributed by atoms with van der Waals surface area (Å²) in [5, 5.41) is 0. The smallest absolute Gasteiger partial charge is 0.270 e. The minimum absolute atomic E-state index is 0.0360. The molecule has 0 aliphatic heterocycles. The van der Waals surface area contributed by atoms with E-state index in [4.69, 9.17) is 0 Å². The highest BCUT2D eigenvalue weighted by Crippen LogP contribution is 2.17. The number of halogens is 1. The van der Waals surface area contributed by atoms with Crippen LogP contribution in [0.25, 0.3) is 0 Å². The highest BCUT2D eigenvalue weighted by atomic mass is 79.9. The summed E-state index contributed by atoms with van der Waals surface area (Å²) >= 11 is 3.37. The molecule has 4 heteroatoms. The van der Waals surface area contributed by atoms with Gasteiger partial charge in [-0.05, 0) is 40.9 Å². The van der Waals surface area contributed by atoms with E-state index in [1.165, 1.54) is 0 Å². The number of aromatic nitrogens is 1. The molecule has 20 heavy (non-hydrogen) atoms. The quantitative estimate of drug-likeness (QED) is 0.873. The Morgan fingerprint density at radius 1 is 1.35 bits per heavy atom. The molecule has 0 bridgehead atoms. The number of amides is 1. The van der Waals surface area contributed by atoms with Gasteiger partial charge in [-0.15, -0.1) is 0 Å². The monoisotopic (exact) mass is 334 g/mol. The molecule has 0 aliphatic carbocycles. The number of H-pyrrole nitrogens is 1. The number of hydrogen-bond donors (Lipinski definition) is 1. The van der Waals surface area contributed by atoms with Gasteiger partial charge in [0, 0.05) is 23.3 Å². The van der Waals surface area contributed by atoms with Crippen molar-refractivity contribution in [2.75, 3.05) is 0 Å². The summed E-state index contributed by atoms with van der Waals surface area (Å²) in [6.07, 6.45) is 2.71. The van der Waals surface area contributed by atoms with Crippen molar-refractivity contribution in [2.24, 2.45) is 0 Å². The molecule has 106 valence electrons. The molecule has 1 amide bonds. The molecule has 1 N–H and O–H groups in total. The zero-order valence-electron chi connectivity index (χ0n) is 11.8. The second-order valence-corrected chi connectivity index (χ2v) is 5.82. The van der Waals surface area contributed by atoms with Gasteiger partial charge >= 0.3 is 0 Å². The second kappa shape index (κ2) is 6.75. The summed E-state index contributed by atoms with van der Waals surface area (Å²) in [7, 11) is 0. The molecular weight excluding hydrogens is 316 g/mol. The summed E-state index contributed by atoms with van der Waals surface area (Å²) in [6.45, 7) is 4.81. The Labute approximate surface area is 128 Å². The fraction of sp³-hybridized carbons (Fsp3) is 0.312. The average molecular weight is 335 g/mol. The Morgan fingerprint density at radius 3 is 2.60 bits per heavy atom. The summed E-state index contributed by atoms with van der Waals surface area (Å²) in [6, 6.07) is 12.1. The fourth-order valence-electron chi connectivity index (χ4n) is 2.07. The summed E-state index contributed by atoms with van der Waals surface area (Å²) in [5.74, 6) is 0.0360. The second-order valence-electron chi connectivity index (χ2n) is 4.91. The number of benzene rings is 1. The average Bonchev–Trinajstić information content (AvgIpc) is 2.91. The summed E-state index contributed by atoms with van der Waals surface area (Å²) in [5.41, 5.74) is 1.76. The van der Waals surface area contributed by atoms with E-state index in [0.29, 0.717) is 12.2 Å². The maximum absolute atomic E-state index is 12.6. The first-order valence-electron chi connectivity index (χ1n) is 6.80.